The molecule has 1 aromatic carbocycles. The van der Waals surface area contributed by atoms with Crippen LogP contribution in [0.15, 0.2) is 24.3 Å². The molecular weight excluding hydrogens is 302 g/mol. The Labute approximate surface area is 127 Å². The van der Waals surface area contributed by atoms with Crippen molar-refractivity contribution < 1.29 is 4.79 Å². The summed E-state index contributed by atoms with van der Waals surface area (Å²) < 4.78 is 0. The molecule has 0 saturated heterocycles. The number of halogens is 1. The molecule has 1 aromatic rings. The summed E-state index contributed by atoms with van der Waals surface area (Å²) >= 11 is 0. The zero-order valence-electron chi connectivity index (χ0n) is 12.3. The number of benzene rings is 1. The van der Waals surface area contributed by atoms with E-state index in [2.05, 4.69) is 49.9 Å². The summed E-state index contributed by atoms with van der Waals surface area (Å²) in [6.07, 6.45) is 1.63. The monoisotopic (exact) mass is 325 g/mol. The van der Waals surface area contributed by atoms with Crippen LogP contribution in [0.2, 0.25) is 0 Å². The van der Waals surface area contributed by atoms with Crippen molar-refractivity contribution in [2.24, 2.45) is 0 Å². The van der Waals surface area contributed by atoms with E-state index in [0.717, 1.165) is 13.0 Å². The van der Waals surface area contributed by atoms with Gasteiger partial charge in [-0.15, -0.1) is 17.0 Å². The van der Waals surface area contributed by atoms with Crippen molar-refractivity contribution in [2.75, 3.05) is 11.4 Å². The highest BCUT2D eigenvalue weighted by Crippen LogP contribution is 2.44. The topological polar surface area (TPSA) is 20.3 Å². The molecule has 2 nitrogen and oxygen atoms in total. The summed E-state index contributed by atoms with van der Waals surface area (Å²) in [6, 6.07) is 9.14. The first-order chi connectivity index (χ1) is 8.44. The molecule has 1 unspecified atom stereocenters. The summed E-state index contributed by atoms with van der Waals surface area (Å²) in [7, 11) is 0. The summed E-state index contributed by atoms with van der Waals surface area (Å²) in [4.78, 5) is 13.5. The van der Waals surface area contributed by atoms with Gasteiger partial charge in [-0.1, -0.05) is 32.0 Å². The predicted octanol–water partition coefficient (Wildman–Crippen LogP) is 4.12. The number of carbonyl (C=O) groups excluding carboxylic acids is 1. The van der Waals surface area contributed by atoms with Crippen LogP contribution >= 0.6 is 17.0 Å². The van der Waals surface area contributed by atoms with Gasteiger partial charge in [-0.3, -0.25) is 0 Å². The van der Waals surface area contributed by atoms with Crippen molar-refractivity contribution >= 4 is 28.5 Å². The number of fused-ring (bicyclic) bond motifs is 1. The van der Waals surface area contributed by atoms with Crippen molar-refractivity contribution in [3.8, 4) is 0 Å². The summed E-state index contributed by atoms with van der Waals surface area (Å²) in [6.45, 7) is 9.54. The maximum atomic E-state index is 11.1. The zero-order chi connectivity index (χ0) is 13.3. The van der Waals surface area contributed by atoms with Crippen molar-refractivity contribution in [2.45, 2.75) is 52.0 Å². The molecule has 0 N–H and O–H groups in total. The molecule has 1 atom stereocenters. The molecule has 1 aliphatic rings. The van der Waals surface area contributed by atoms with Gasteiger partial charge < -0.3 is 9.69 Å². The lowest BCUT2D eigenvalue weighted by Crippen LogP contribution is -2.39. The molecule has 2 rings (SSSR count). The van der Waals surface area contributed by atoms with Crippen LogP contribution < -0.4 is 4.90 Å². The number of carbonyl (C=O) groups is 1. The maximum Gasteiger partial charge on any atom is 0.129 e. The Morgan fingerprint density at radius 2 is 1.95 bits per heavy atom. The lowest BCUT2D eigenvalue weighted by Gasteiger charge is -2.31. The molecule has 1 aliphatic heterocycles. The second-order valence-electron chi connectivity index (χ2n) is 5.91. The second-order valence-corrected chi connectivity index (χ2v) is 5.91. The van der Waals surface area contributed by atoms with Gasteiger partial charge in [0.2, 0.25) is 0 Å². The van der Waals surface area contributed by atoms with Crippen molar-refractivity contribution in [1.29, 1.82) is 0 Å². The van der Waals surface area contributed by atoms with Crippen LogP contribution in [0.1, 0.15) is 46.1 Å². The Kier molecular flexibility index (Phi) is 5.19. The largest absolute Gasteiger partial charge is 0.368 e. The van der Waals surface area contributed by atoms with Crippen molar-refractivity contribution in [3.05, 3.63) is 29.8 Å². The van der Waals surface area contributed by atoms with Gasteiger partial charge in [0, 0.05) is 30.1 Å². The standard InChI is InChI=1S/C16H23NO.BrH/c1-12(18)8-7-11-17-13(2)16(3,4)14-9-5-6-10-15(14)17;/h5-6,9-10,13H,7-8,11H2,1-4H3;1H. The van der Waals surface area contributed by atoms with Crippen LogP contribution in [-0.2, 0) is 10.2 Å². The van der Waals surface area contributed by atoms with Crippen LogP contribution in [0.4, 0.5) is 5.69 Å². The lowest BCUT2D eigenvalue weighted by molar-refractivity contribution is -0.117. The molecule has 0 aliphatic carbocycles. The van der Waals surface area contributed by atoms with E-state index in [0.29, 0.717) is 12.5 Å². The second kappa shape index (κ2) is 6.08. The molecule has 0 spiro atoms. The van der Waals surface area contributed by atoms with Crippen LogP contribution in [0.25, 0.3) is 0 Å². The highest BCUT2D eigenvalue weighted by atomic mass is 79.9. The van der Waals surface area contributed by atoms with Gasteiger partial charge in [0.1, 0.15) is 5.78 Å². The average Bonchev–Trinajstić information content (AvgIpc) is 2.51. The van der Waals surface area contributed by atoms with E-state index in [4.69, 9.17) is 0 Å². The minimum absolute atomic E-state index is 0. The Morgan fingerprint density at radius 3 is 2.58 bits per heavy atom. The van der Waals surface area contributed by atoms with Crippen LogP contribution in [0, 0.1) is 0 Å². The highest BCUT2D eigenvalue weighted by Gasteiger charge is 2.40. The number of hydrogen-bond donors (Lipinski definition) is 0. The van der Waals surface area contributed by atoms with E-state index in [1.54, 1.807) is 6.92 Å². The predicted molar refractivity (Wildman–Crippen MR) is 86.5 cm³/mol. The number of ketones is 1. The fraction of sp³-hybridized carbons (Fsp3) is 0.562. The molecule has 0 aromatic heterocycles. The average molecular weight is 326 g/mol. The molecule has 0 saturated carbocycles. The first-order valence-electron chi connectivity index (χ1n) is 6.80. The summed E-state index contributed by atoms with van der Waals surface area (Å²) in [5.41, 5.74) is 2.96. The van der Waals surface area contributed by atoms with E-state index in [1.165, 1.54) is 11.3 Å². The maximum absolute atomic E-state index is 11.1. The number of Topliss-reactive ketones (excluding diaryl/α,β-unsaturated/α-hetero) is 1. The molecule has 106 valence electrons. The number of anilines is 1. The fourth-order valence-electron chi connectivity index (χ4n) is 2.90. The van der Waals surface area contributed by atoms with E-state index in [1.807, 2.05) is 0 Å². The number of hydrogen-bond acceptors (Lipinski definition) is 2. The van der Waals surface area contributed by atoms with Gasteiger partial charge in [-0.05, 0) is 31.9 Å². The smallest absolute Gasteiger partial charge is 0.129 e. The Morgan fingerprint density at radius 1 is 1.32 bits per heavy atom. The summed E-state index contributed by atoms with van der Waals surface area (Å²) in [5, 5.41) is 0. The van der Waals surface area contributed by atoms with Crippen molar-refractivity contribution in [1.82, 2.24) is 0 Å². The Hall–Kier alpha value is -0.830. The van der Waals surface area contributed by atoms with Crippen molar-refractivity contribution in [3.63, 3.8) is 0 Å². The van der Waals surface area contributed by atoms with E-state index >= 15 is 0 Å². The van der Waals surface area contributed by atoms with Gasteiger partial charge in [0.25, 0.3) is 0 Å². The number of nitrogens with zero attached hydrogens (tertiary/aromatic N) is 1. The SMILES string of the molecule is Br.CC(=O)CCCN1c2ccccc2C(C)(C)C1C. The molecule has 0 radical (unpaired) electrons. The van der Waals surface area contributed by atoms with E-state index < -0.39 is 0 Å². The molecule has 0 bridgehead atoms. The molecular formula is C16H24BrNO. The third-order valence-corrected chi connectivity index (χ3v) is 4.35. The van der Waals surface area contributed by atoms with E-state index in [9.17, 15) is 4.79 Å². The van der Waals surface area contributed by atoms with Gasteiger partial charge >= 0.3 is 0 Å². The minimum atomic E-state index is 0. The quantitative estimate of drug-likeness (QED) is 0.829. The molecule has 19 heavy (non-hydrogen) atoms. The number of rotatable bonds is 4. The van der Waals surface area contributed by atoms with Gasteiger partial charge in [-0.25, -0.2) is 0 Å². The zero-order valence-corrected chi connectivity index (χ0v) is 14.0. The Bertz CT molecular complexity index is 456. The van der Waals surface area contributed by atoms with Crippen LogP contribution in [0.5, 0.6) is 0 Å². The Balaban J connectivity index is 0.00000180. The first kappa shape index (κ1) is 16.2. The highest BCUT2D eigenvalue weighted by molar-refractivity contribution is 8.93. The summed E-state index contributed by atoms with van der Waals surface area (Å²) in [5.74, 6) is 0.286. The first-order valence-corrected chi connectivity index (χ1v) is 6.80. The van der Waals surface area contributed by atoms with Crippen LogP contribution in [-0.4, -0.2) is 18.4 Å². The van der Waals surface area contributed by atoms with E-state index in [-0.39, 0.29) is 28.2 Å². The van der Waals surface area contributed by atoms with Gasteiger partial charge in [-0.2, -0.15) is 0 Å². The minimum Gasteiger partial charge on any atom is -0.368 e. The van der Waals surface area contributed by atoms with Gasteiger partial charge in [0.15, 0.2) is 0 Å². The van der Waals surface area contributed by atoms with Gasteiger partial charge in [0.05, 0.1) is 0 Å². The molecule has 3 heteroatoms. The lowest BCUT2D eigenvalue weighted by atomic mass is 9.81. The fourth-order valence-corrected chi connectivity index (χ4v) is 2.90. The third-order valence-electron chi connectivity index (χ3n) is 4.35. The van der Waals surface area contributed by atoms with Crippen LogP contribution in [0.3, 0.4) is 0 Å². The number of para-hydroxylation sites is 1. The third kappa shape index (κ3) is 3.02. The normalized spacial score (nSPS) is 19.8. The molecule has 0 amide bonds. The molecule has 1 heterocycles. The molecule has 0 fully saturated rings.